The number of likely N-dealkylation sites (tertiary alicyclic amines) is 1. The normalized spacial score (nSPS) is 13.9. The van der Waals surface area contributed by atoms with Gasteiger partial charge in [-0.1, -0.05) is 11.6 Å². The third-order valence-corrected chi connectivity index (χ3v) is 6.16. The van der Waals surface area contributed by atoms with Gasteiger partial charge in [0.15, 0.2) is 5.82 Å². The van der Waals surface area contributed by atoms with Crippen molar-refractivity contribution < 1.29 is 23.8 Å². The van der Waals surface area contributed by atoms with E-state index in [1.165, 1.54) is 7.11 Å². The Kier molecular flexibility index (Phi) is 7.40. The van der Waals surface area contributed by atoms with Crippen LogP contribution in [0.1, 0.15) is 23.2 Å². The van der Waals surface area contributed by atoms with Crippen LogP contribution in [-0.2, 0) is 4.79 Å². The number of hydrogen-bond donors (Lipinski definition) is 2. The number of aromatic amines is 1. The molecule has 4 rings (SSSR count). The van der Waals surface area contributed by atoms with Crippen molar-refractivity contribution in [3.63, 3.8) is 0 Å². The summed E-state index contributed by atoms with van der Waals surface area (Å²) in [6, 6.07) is 10.3. The molecule has 1 fully saturated rings. The van der Waals surface area contributed by atoms with Gasteiger partial charge in [0.05, 0.1) is 32.5 Å². The van der Waals surface area contributed by atoms with E-state index >= 15 is 0 Å². The van der Waals surface area contributed by atoms with E-state index in [-0.39, 0.29) is 23.7 Å². The van der Waals surface area contributed by atoms with E-state index in [1.54, 1.807) is 55.5 Å². The van der Waals surface area contributed by atoms with Gasteiger partial charge in [0, 0.05) is 30.1 Å². The predicted octanol–water partition coefficient (Wildman–Crippen LogP) is 3.64. The molecule has 1 aliphatic rings. The maximum atomic E-state index is 13.0. The number of methoxy groups -OCH3 is 3. The van der Waals surface area contributed by atoms with Gasteiger partial charge in [0.2, 0.25) is 11.9 Å². The van der Waals surface area contributed by atoms with Crippen molar-refractivity contribution in [1.29, 1.82) is 0 Å². The van der Waals surface area contributed by atoms with Gasteiger partial charge >= 0.3 is 0 Å². The van der Waals surface area contributed by atoms with Crippen molar-refractivity contribution in [1.82, 2.24) is 20.1 Å². The minimum Gasteiger partial charge on any atom is -0.497 e. The number of piperidine rings is 1. The molecule has 3 aromatic rings. The number of nitrogens with zero attached hydrogens (tertiary/aromatic N) is 3. The van der Waals surface area contributed by atoms with Gasteiger partial charge < -0.3 is 19.1 Å². The summed E-state index contributed by atoms with van der Waals surface area (Å²) in [4.78, 5) is 31.9. The van der Waals surface area contributed by atoms with Crippen LogP contribution in [0.4, 0.5) is 5.95 Å². The Morgan fingerprint density at radius 1 is 1.03 bits per heavy atom. The third-order valence-electron chi connectivity index (χ3n) is 5.93. The first-order valence-corrected chi connectivity index (χ1v) is 11.4. The van der Waals surface area contributed by atoms with Crippen molar-refractivity contribution in [2.75, 3.05) is 39.7 Å². The van der Waals surface area contributed by atoms with Crippen LogP contribution in [0.5, 0.6) is 17.2 Å². The molecule has 0 radical (unpaired) electrons. The highest BCUT2D eigenvalue weighted by Gasteiger charge is 2.29. The number of ether oxygens (including phenoxy) is 3. The topological polar surface area (TPSA) is 119 Å². The van der Waals surface area contributed by atoms with Gasteiger partial charge in [-0.05, 0) is 43.2 Å². The highest BCUT2D eigenvalue weighted by molar-refractivity contribution is 6.31. The Bertz CT molecular complexity index is 1220. The number of carbonyl (C=O) groups excluding carboxylic acids is 2. The summed E-state index contributed by atoms with van der Waals surface area (Å²) < 4.78 is 15.9. The Balaban J connectivity index is 1.37. The molecule has 2 aromatic carbocycles. The largest absolute Gasteiger partial charge is 0.497 e. The molecule has 2 N–H and O–H groups in total. The Morgan fingerprint density at radius 2 is 1.77 bits per heavy atom. The molecule has 184 valence electrons. The second-order valence-electron chi connectivity index (χ2n) is 7.97. The maximum Gasteiger partial charge on any atom is 0.257 e. The van der Waals surface area contributed by atoms with E-state index < -0.39 is 0 Å². The van der Waals surface area contributed by atoms with Crippen molar-refractivity contribution in [2.24, 2.45) is 5.92 Å². The fraction of sp³-hybridized carbons (Fsp3) is 0.333. The zero-order valence-corrected chi connectivity index (χ0v) is 20.4. The van der Waals surface area contributed by atoms with E-state index in [0.29, 0.717) is 65.2 Å². The van der Waals surface area contributed by atoms with Crippen LogP contribution in [0, 0.1) is 5.92 Å². The van der Waals surface area contributed by atoms with Gasteiger partial charge in [0.1, 0.15) is 17.2 Å². The predicted molar refractivity (Wildman–Crippen MR) is 130 cm³/mol. The standard InChI is InChI=1S/C24H26ClN5O5/c1-33-16-5-6-17(20(13-16)35-3)21-26-24(29-28-21)27-22(31)14-8-10-30(11-9-14)23(32)18-12-15(25)4-7-19(18)34-2/h4-7,12-14H,8-11H2,1-3H3,(H2,26,27,28,29,31). The average molecular weight is 500 g/mol. The zero-order chi connectivity index (χ0) is 24.9. The maximum absolute atomic E-state index is 13.0. The number of rotatable bonds is 7. The van der Waals surface area contributed by atoms with E-state index in [2.05, 4.69) is 20.5 Å². The van der Waals surface area contributed by atoms with Crippen LogP contribution in [0.15, 0.2) is 36.4 Å². The lowest BCUT2D eigenvalue weighted by atomic mass is 9.95. The number of nitrogens with one attached hydrogen (secondary N) is 2. The van der Waals surface area contributed by atoms with Crippen LogP contribution in [-0.4, -0.2) is 66.3 Å². The van der Waals surface area contributed by atoms with Crippen LogP contribution in [0.2, 0.25) is 5.02 Å². The Morgan fingerprint density at radius 3 is 2.46 bits per heavy atom. The number of H-pyrrole nitrogens is 1. The van der Waals surface area contributed by atoms with E-state index in [1.807, 2.05) is 0 Å². The van der Waals surface area contributed by atoms with Crippen LogP contribution >= 0.6 is 11.6 Å². The van der Waals surface area contributed by atoms with Gasteiger partial charge in [0.25, 0.3) is 5.91 Å². The number of anilines is 1. The van der Waals surface area contributed by atoms with Gasteiger partial charge in [-0.3, -0.25) is 20.0 Å². The number of hydrogen-bond acceptors (Lipinski definition) is 7. The van der Waals surface area contributed by atoms with E-state index in [9.17, 15) is 9.59 Å². The lowest BCUT2D eigenvalue weighted by Gasteiger charge is -2.31. The van der Waals surface area contributed by atoms with E-state index in [0.717, 1.165) is 0 Å². The molecule has 0 atom stereocenters. The molecule has 0 saturated carbocycles. The first-order valence-electron chi connectivity index (χ1n) is 11.0. The molecule has 0 aliphatic carbocycles. The quantitative estimate of drug-likeness (QED) is 0.509. The van der Waals surface area contributed by atoms with Crippen LogP contribution < -0.4 is 19.5 Å². The molecule has 1 aliphatic heterocycles. The van der Waals surface area contributed by atoms with Gasteiger partial charge in [-0.25, -0.2) is 0 Å². The first-order chi connectivity index (χ1) is 16.9. The molecule has 0 spiro atoms. The number of halogens is 1. The molecular formula is C24H26ClN5O5. The number of benzene rings is 2. The summed E-state index contributed by atoms with van der Waals surface area (Å²) in [5, 5.41) is 10.2. The smallest absolute Gasteiger partial charge is 0.257 e. The molecule has 0 bridgehead atoms. The number of amides is 2. The van der Waals surface area contributed by atoms with Gasteiger partial charge in [-0.2, -0.15) is 4.98 Å². The molecule has 2 amide bonds. The first kappa shape index (κ1) is 24.3. The minimum atomic E-state index is -0.266. The molecular weight excluding hydrogens is 474 g/mol. The average Bonchev–Trinajstić information content (AvgIpc) is 3.35. The monoisotopic (exact) mass is 499 g/mol. The second kappa shape index (κ2) is 10.6. The van der Waals surface area contributed by atoms with E-state index in [4.69, 9.17) is 25.8 Å². The number of aromatic nitrogens is 3. The summed E-state index contributed by atoms with van der Waals surface area (Å²) in [6.07, 6.45) is 1.04. The molecule has 10 nitrogen and oxygen atoms in total. The summed E-state index contributed by atoms with van der Waals surface area (Å²) in [5.41, 5.74) is 1.09. The number of carbonyl (C=O) groups is 2. The highest BCUT2D eigenvalue weighted by Crippen LogP contribution is 2.32. The van der Waals surface area contributed by atoms with Crippen molar-refractivity contribution in [3.8, 4) is 28.6 Å². The summed E-state index contributed by atoms with van der Waals surface area (Å²) in [6.45, 7) is 0.879. The summed E-state index contributed by atoms with van der Waals surface area (Å²) in [7, 11) is 4.64. The van der Waals surface area contributed by atoms with Crippen LogP contribution in [0.3, 0.4) is 0 Å². The fourth-order valence-corrected chi connectivity index (χ4v) is 4.18. The van der Waals surface area contributed by atoms with Gasteiger partial charge in [-0.15, -0.1) is 5.10 Å². The third kappa shape index (κ3) is 5.32. The molecule has 11 heteroatoms. The Labute approximate surface area is 207 Å². The molecule has 1 saturated heterocycles. The Hall–Kier alpha value is -3.79. The zero-order valence-electron chi connectivity index (χ0n) is 19.6. The minimum absolute atomic E-state index is 0.171. The molecule has 35 heavy (non-hydrogen) atoms. The molecule has 0 unspecified atom stereocenters. The molecule has 2 heterocycles. The lowest BCUT2D eigenvalue weighted by molar-refractivity contribution is -0.121. The molecule has 1 aromatic heterocycles. The fourth-order valence-electron chi connectivity index (χ4n) is 4.01. The van der Waals surface area contributed by atoms with Crippen molar-refractivity contribution >= 4 is 29.4 Å². The summed E-state index contributed by atoms with van der Waals surface area (Å²) >= 11 is 6.06. The van der Waals surface area contributed by atoms with Crippen molar-refractivity contribution in [3.05, 3.63) is 47.0 Å². The van der Waals surface area contributed by atoms with Crippen molar-refractivity contribution in [2.45, 2.75) is 12.8 Å². The highest BCUT2D eigenvalue weighted by atomic mass is 35.5. The second-order valence-corrected chi connectivity index (χ2v) is 8.41. The lowest BCUT2D eigenvalue weighted by Crippen LogP contribution is -2.41. The van der Waals surface area contributed by atoms with Crippen LogP contribution in [0.25, 0.3) is 11.4 Å². The SMILES string of the molecule is COc1ccc(-c2nc(NC(=O)C3CCN(C(=O)c4cc(Cl)ccc4OC)CC3)n[nH]2)c(OC)c1. The summed E-state index contributed by atoms with van der Waals surface area (Å²) in [5.74, 6) is 1.68.